The molecule has 1 N–H and O–H groups in total. The van der Waals surface area contributed by atoms with Crippen LogP contribution in [0.1, 0.15) is 32.7 Å². The second-order valence-electron chi connectivity index (χ2n) is 6.59. The Morgan fingerprint density at radius 1 is 1.07 bits per heavy atom. The molecule has 1 aliphatic rings. The molecular formula is C18H16F6N4OS. The molecule has 3 rings (SSSR count). The number of hydrogen-bond acceptors (Lipinski definition) is 5. The summed E-state index contributed by atoms with van der Waals surface area (Å²) in [5.74, 6) is -0.273. The molecule has 0 saturated carbocycles. The van der Waals surface area contributed by atoms with Gasteiger partial charge in [0.1, 0.15) is 11.4 Å². The van der Waals surface area contributed by atoms with Gasteiger partial charge in [-0.2, -0.15) is 26.3 Å². The van der Waals surface area contributed by atoms with Gasteiger partial charge in [0.25, 0.3) is 5.91 Å². The molecule has 30 heavy (non-hydrogen) atoms. The number of thioether (sulfide) groups is 1. The van der Waals surface area contributed by atoms with Crippen molar-refractivity contribution in [3.63, 3.8) is 0 Å². The van der Waals surface area contributed by atoms with Gasteiger partial charge in [0.2, 0.25) is 0 Å². The van der Waals surface area contributed by atoms with E-state index in [9.17, 15) is 31.1 Å². The van der Waals surface area contributed by atoms with E-state index in [0.717, 1.165) is 0 Å². The summed E-state index contributed by atoms with van der Waals surface area (Å²) in [6, 6.07) is 1.32. The fraction of sp³-hybridized carbons (Fsp3) is 0.389. The summed E-state index contributed by atoms with van der Waals surface area (Å²) in [5.41, 5.74) is -2.59. The largest absolute Gasteiger partial charge is 0.416 e. The van der Waals surface area contributed by atoms with E-state index in [4.69, 9.17) is 0 Å². The first kappa shape index (κ1) is 22.2. The van der Waals surface area contributed by atoms with Gasteiger partial charge in [-0.05, 0) is 36.9 Å². The molecule has 0 bridgehead atoms. The van der Waals surface area contributed by atoms with Crippen LogP contribution in [0.25, 0.3) is 0 Å². The maximum atomic E-state index is 13.1. The summed E-state index contributed by atoms with van der Waals surface area (Å²) < 4.78 is 78.6. The summed E-state index contributed by atoms with van der Waals surface area (Å²) in [7, 11) is 0. The Bertz CT molecular complexity index is 944. The fourth-order valence-electron chi connectivity index (χ4n) is 3.07. The van der Waals surface area contributed by atoms with Gasteiger partial charge in [0, 0.05) is 19.6 Å². The highest BCUT2D eigenvalue weighted by atomic mass is 32.2. The Kier molecular flexibility index (Phi) is 5.89. The van der Waals surface area contributed by atoms with Crippen LogP contribution in [0.15, 0.2) is 23.4 Å². The van der Waals surface area contributed by atoms with Crippen LogP contribution in [-0.2, 0) is 18.9 Å². The third-order valence-corrected chi connectivity index (χ3v) is 5.00. The smallest absolute Gasteiger partial charge is 0.367 e. The van der Waals surface area contributed by atoms with Crippen molar-refractivity contribution >= 4 is 23.5 Å². The van der Waals surface area contributed by atoms with E-state index in [0.29, 0.717) is 28.8 Å². The van der Waals surface area contributed by atoms with E-state index in [2.05, 4.69) is 15.3 Å². The van der Waals surface area contributed by atoms with E-state index in [1.807, 2.05) is 0 Å². The van der Waals surface area contributed by atoms with Gasteiger partial charge >= 0.3 is 12.4 Å². The van der Waals surface area contributed by atoms with Gasteiger partial charge in [-0.1, -0.05) is 11.8 Å². The molecule has 2 aromatic rings. The van der Waals surface area contributed by atoms with Gasteiger partial charge in [-0.15, -0.1) is 0 Å². The Morgan fingerprint density at radius 2 is 1.67 bits per heavy atom. The minimum Gasteiger partial charge on any atom is -0.367 e. The summed E-state index contributed by atoms with van der Waals surface area (Å²) in [5, 5.41) is 3.41. The van der Waals surface area contributed by atoms with Crippen molar-refractivity contribution in [3.05, 3.63) is 46.1 Å². The lowest BCUT2D eigenvalue weighted by molar-refractivity contribution is -0.143. The predicted molar refractivity (Wildman–Crippen MR) is 98.2 cm³/mol. The molecule has 1 aliphatic heterocycles. The number of aromatic nitrogens is 2. The molecule has 0 radical (unpaired) electrons. The van der Waals surface area contributed by atoms with Crippen molar-refractivity contribution in [2.75, 3.05) is 24.7 Å². The van der Waals surface area contributed by atoms with Gasteiger partial charge in [-0.3, -0.25) is 4.79 Å². The molecule has 0 saturated heterocycles. The third-order valence-electron chi connectivity index (χ3n) is 4.45. The average Bonchev–Trinajstić information content (AvgIpc) is 2.79. The van der Waals surface area contributed by atoms with Crippen LogP contribution in [0.3, 0.4) is 0 Å². The first-order valence-electron chi connectivity index (χ1n) is 8.64. The SMILES string of the molecule is CSc1nc(C)c2c(n1)NCCN(Cc1cc(C(F)(F)F)cc(C(F)(F)F)c1)C2=O. The highest BCUT2D eigenvalue weighted by molar-refractivity contribution is 7.98. The van der Waals surface area contributed by atoms with Crippen LogP contribution in [0.4, 0.5) is 32.2 Å². The van der Waals surface area contributed by atoms with Crippen molar-refractivity contribution in [1.82, 2.24) is 14.9 Å². The normalized spacial score (nSPS) is 14.9. The minimum absolute atomic E-state index is 0.0620. The van der Waals surface area contributed by atoms with E-state index < -0.39 is 35.9 Å². The molecular weight excluding hydrogens is 434 g/mol. The first-order chi connectivity index (χ1) is 13.9. The summed E-state index contributed by atoms with van der Waals surface area (Å²) in [6.45, 7) is 1.47. The lowest BCUT2D eigenvalue weighted by Gasteiger charge is -2.22. The number of nitrogens with zero attached hydrogens (tertiary/aromatic N) is 3. The number of hydrogen-bond donors (Lipinski definition) is 1. The number of anilines is 1. The molecule has 1 amide bonds. The molecule has 162 valence electrons. The maximum Gasteiger partial charge on any atom is 0.416 e. The number of halogens is 6. The number of fused-ring (bicyclic) bond motifs is 1. The molecule has 0 aliphatic carbocycles. The standard InChI is InChI=1S/C18H16F6N4OS/c1-9-13-14(27-16(26-9)30-2)25-3-4-28(15(13)29)8-10-5-11(17(19,20)21)7-12(6-10)18(22,23)24/h5-7H,3-4,8H2,1-2H3,(H,25,26,27). The molecule has 1 aromatic heterocycles. The molecule has 0 spiro atoms. The van der Waals surface area contributed by atoms with Crippen LogP contribution < -0.4 is 5.32 Å². The van der Waals surface area contributed by atoms with E-state index >= 15 is 0 Å². The van der Waals surface area contributed by atoms with Crippen LogP contribution in [0.2, 0.25) is 0 Å². The number of amides is 1. The van der Waals surface area contributed by atoms with E-state index in [1.54, 1.807) is 13.2 Å². The second-order valence-corrected chi connectivity index (χ2v) is 7.36. The fourth-order valence-corrected chi connectivity index (χ4v) is 3.48. The van der Waals surface area contributed by atoms with Gasteiger partial charge in [-0.25, -0.2) is 9.97 Å². The third kappa shape index (κ3) is 4.63. The lowest BCUT2D eigenvalue weighted by atomic mass is 10.0. The molecule has 0 atom stereocenters. The summed E-state index contributed by atoms with van der Waals surface area (Å²) in [4.78, 5) is 22.6. The van der Waals surface area contributed by atoms with E-state index in [1.165, 1.54) is 16.7 Å². The Hall–Kier alpha value is -2.50. The van der Waals surface area contributed by atoms with Crippen molar-refractivity contribution < 1.29 is 31.1 Å². The summed E-state index contributed by atoms with van der Waals surface area (Å²) in [6.07, 6.45) is -8.14. The number of rotatable bonds is 3. The van der Waals surface area contributed by atoms with Crippen LogP contribution in [-0.4, -0.2) is 40.1 Å². The molecule has 1 aromatic carbocycles. The van der Waals surface area contributed by atoms with Gasteiger partial charge in [0.05, 0.1) is 16.8 Å². The van der Waals surface area contributed by atoms with Crippen molar-refractivity contribution in [1.29, 1.82) is 0 Å². The molecule has 0 unspecified atom stereocenters. The van der Waals surface area contributed by atoms with Crippen molar-refractivity contribution in [2.24, 2.45) is 0 Å². The van der Waals surface area contributed by atoms with Gasteiger partial charge < -0.3 is 10.2 Å². The lowest BCUT2D eigenvalue weighted by Crippen LogP contribution is -2.32. The zero-order valence-corrected chi connectivity index (χ0v) is 16.6. The van der Waals surface area contributed by atoms with Crippen molar-refractivity contribution in [3.8, 4) is 0 Å². The van der Waals surface area contributed by atoms with E-state index in [-0.39, 0.29) is 30.3 Å². The highest BCUT2D eigenvalue weighted by Crippen LogP contribution is 2.37. The number of carbonyl (C=O) groups is 1. The molecule has 2 heterocycles. The predicted octanol–water partition coefficient (Wildman–Crippen LogP) is 4.61. The molecule has 5 nitrogen and oxygen atoms in total. The Balaban J connectivity index is 1.99. The minimum atomic E-state index is -4.95. The topological polar surface area (TPSA) is 58.1 Å². The maximum absolute atomic E-state index is 13.1. The summed E-state index contributed by atoms with van der Waals surface area (Å²) >= 11 is 1.27. The zero-order chi connectivity index (χ0) is 22.3. The van der Waals surface area contributed by atoms with Crippen LogP contribution in [0.5, 0.6) is 0 Å². The first-order valence-corrected chi connectivity index (χ1v) is 9.86. The van der Waals surface area contributed by atoms with Crippen LogP contribution >= 0.6 is 11.8 Å². The monoisotopic (exact) mass is 450 g/mol. The quantitative estimate of drug-likeness (QED) is 0.421. The number of nitrogens with one attached hydrogen (secondary N) is 1. The molecule has 12 heteroatoms. The number of benzene rings is 1. The average molecular weight is 450 g/mol. The number of carbonyl (C=O) groups excluding carboxylic acids is 1. The van der Waals surface area contributed by atoms with Gasteiger partial charge in [0.15, 0.2) is 5.16 Å². The molecule has 0 fully saturated rings. The van der Waals surface area contributed by atoms with Crippen molar-refractivity contribution in [2.45, 2.75) is 31.0 Å². The Labute approximate surface area is 171 Å². The van der Waals surface area contributed by atoms with Crippen LogP contribution in [0, 0.1) is 6.92 Å². The Morgan fingerprint density at radius 3 is 2.20 bits per heavy atom. The highest BCUT2D eigenvalue weighted by Gasteiger charge is 2.37. The zero-order valence-electron chi connectivity index (χ0n) is 15.8. The number of aryl methyl sites for hydroxylation is 1. The second kappa shape index (κ2) is 7.97. The number of alkyl halides is 6.